The monoisotopic (exact) mass is 269 g/mol. The number of anilines is 2. The van der Waals surface area contributed by atoms with E-state index in [1.165, 1.54) is 18.3 Å². The Morgan fingerprint density at radius 3 is 2.47 bits per heavy atom. The van der Waals surface area contributed by atoms with Gasteiger partial charge in [0.2, 0.25) is 0 Å². The van der Waals surface area contributed by atoms with Crippen molar-refractivity contribution >= 4 is 11.4 Å². The molecule has 3 nitrogen and oxygen atoms in total. The van der Waals surface area contributed by atoms with Gasteiger partial charge in [-0.05, 0) is 26.0 Å². The van der Waals surface area contributed by atoms with E-state index in [2.05, 4.69) is 10.4 Å². The summed E-state index contributed by atoms with van der Waals surface area (Å²) in [6.45, 7) is 3.89. The molecule has 0 saturated heterocycles. The average molecular weight is 269 g/mol. The van der Waals surface area contributed by atoms with Crippen molar-refractivity contribution in [3.63, 3.8) is 0 Å². The van der Waals surface area contributed by atoms with Gasteiger partial charge in [0.1, 0.15) is 0 Å². The van der Waals surface area contributed by atoms with Crippen LogP contribution in [0.25, 0.3) is 0 Å². The second-order valence-corrected chi connectivity index (χ2v) is 4.47. The SMILES string of the molecule is CC(C)n1cc(Nc2ccccc2C(F)(F)F)cn1. The second kappa shape index (κ2) is 4.95. The van der Waals surface area contributed by atoms with Gasteiger partial charge >= 0.3 is 6.18 Å². The van der Waals surface area contributed by atoms with Crippen LogP contribution in [0.15, 0.2) is 36.7 Å². The topological polar surface area (TPSA) is 29.9 Å². The van der Waals surface area contributed by atoms with E-state index in [9.17, 15) is 13.2 Å². The molecule has 19 heavy (non-hydrogen) atoms. The van der Waals surface area contributed by atoms with Gasteiger partial charge in [0.05, 0.1) is 23.1 Å². The normalized spacial score (nSPS) is 11.9. The van der Waals surface area contributed by atoms with Gasteiger partial charge in [-0.15, -0.1) is 0 Å². The van der Waals surface area contributed by atoms with Crippen LogP contribution in [0, 0.1) is 0 Å². The summed E-state index contributed by atoms with van der Waals surface area (Å²) in [5, 5.41) is 6.83. The molecule has 102 valence electrons. The maximum atomic E-state index is 12.8. The highest BCUT2D eigenvalue weighted by atomic mass is 19.4. The Morgan fingerprint density at radius 1 is 1.21 bits per heavy atom. The first-order valence-electron chi connectivity index (χ1n) is 5.85. The largest absolute Gasteiger partial charge is 0.418 e. The number of halogens is 3. The summed E-state index contributed by atoms with van der Waals surface area (Å²) in [5.74, 6) is 0. The molecule has 1 heterocycles. The first kappa shape index (κ1) is 13.5. The third kappa shape index (κ3) is 3.07. The molecular weight excluding hydrogens is 255 g/mol. The standard InChI is InChI=1S/C13H14F3N3/c1-9(2)19-8-10(7-17-19)18-12-6-4-3-5-11(12)13(14,15)16/h3-9,18H,1-2H3. The molecule has 0 bridgehead atoms. The minimum Gasteiger partial charge on any atom is -0.352 e. The lowest BCUT2D eigenvalue weighted by Crippen LogP contribution is -2.08. The maximum absolute atomic E-state index is 12.8. The summed E-state index contributed by atoms with van der Waals surface area (Å²) in [4.78, 5) is 0. The predicted octanol–water partition coefficient (Wildman–Crippen LogP) is 4.23. The van der Waals surface area contributed by atoms with Crippen molar-refractivity contribution in [3.05, 3.63) is 42.2 Å². The number of aromatic nitrogens is 2. The van der Waals surface area contributed by atoms with Gasteiger partial charge in [-0.2, -0.15) is 18.3 Å². The smallest absolute Gasteiger partial charge is 0.352 e. The Balaban J connectivity index is 2.28. The van der Waals surface area contributed by atoms with E-state index in [0.717, 1.165) is 6.07 Å². The minimum atomic E-state index is -4.38. The molecule has 0 saturated carbocycles. The molecule has 0 fully saturated rings. The van der Waals surface area contributed by atoms with E-state index in [1.807, 2.05) is 13.8 Å². The van der Waals surface area contributed by atoms with Crippen LogP contribution in [0.2, 0.25) is 0 Å². The van der Waals surface area contributed by atoms with Crippen LogP contribution < -0.4 is 5.32 Å². The van der Waals surface area contributed by atoms with E-state index in [1.54, 1.807) is 16.9 Å². The zero-order valence-corrected chi connectivity index (χ0v) is 10.6. The summed E-state index contributed by atoms with van der Waals surface area (Å²) in [6, 6.07) is 5.54. The van der Waals surface area contributed by atoms with Crippen LogP contribution in [0.3, 0.4) is 0 Å². The van der Waals surface area contributed by atoms with Crippen molar-refractivity contribution in [2.45, 2.75) is 26.1 Å². The van der Waals surface area contributed by atoms with Crippen molar-refractivity contribution in [1.29, 1.82) is 0 Å². The molecule has 0 aliphatic carbocycles. The highest BCUT2D eigenvalue weighted by Crippen LogP contribution is 2.35. The van der Waals surface area contributed by atoms with Crippen LogP contribution in [0.1, 0.15) is 25.5 Å². The molecular formula is C13H14F3N3. The second-order valence-electron chi connectivity index (χ2n) is 4.47. The van der Waals surface area contributed by atoms with Gasteiger partial charge in [0.25, 0.3) is 0 Å². The van der Waals surface area contributed by atoms with Crippen LogP contribution in [0.4, 0.5) is 24.5 Å². The Morgan fingerprint density at radius 2 is 1.89 bits per heavy atom. The molecule has 6 heteroatoms. The molecule has 0 spiro atoms. The van der Waals surface area contributed by atoms with E-state index in [4.69, 9.17) is 0 Å². The number of para-hydroxylation sites is 1. The summed E-state index contributed by atoms with van der Waals surface area (Å²) >= 11 is 0. The third-order valence-corrected chi connectivity index (χ3v) is 2.64. The number of hydrogen-bond donors (Lipinski definition) is 1. The fraction of sp³-hybridized carbons (Fsp3) is 0.308. The van der Waals surface area contributed by atoms with E-state index in [0.29, 0.717) is 5.69 Å². The van der Waals surface area contributed by atoms with Gasteiger partial charge in [-0.1, -0.05) is 12.1 Å². The molecule has 2 rings (SSSR count). The average Bonchev–Trinajstić information content (AvgIpc) is 2.77. The number of nitrogens with one attached hydrogen (secondary N) is 1. The van der Waals surface area contributed by atoms with Gasteiger partial charge in [0, 0.05) is 12.2 Å². The zero-order chi connectivity index (χ0) is 14.0. The number of hydrogen-bond acceptors (Lipinski definition) is 2. The zero-order valence-electron chi connectivity index (χ0n) is 10.6. The molecule has 0 unspecified atom stereocenters. The number of rotatable bonds is 3. The van der Waals surface area contributed by atoms with Crippen LogP contribution in [-0.2, 0) is 6.18 Å². The minimum absolute atomic E-state index is 0.0262. The van der Waals surface area contributed by atoms with Gasteiger partial charge in [0.15, 0.2) is 0 Å². The Hall–Kier alpha value is -1.98. The summed E-state index contributed by atoms with van der Waals surface area (Å²) in [5.41, 5.74) is -0.129. The highest BCUT2D eigenvalue weighted by Gasteiger charge is 2.33. The van der Waals surface area contributed by atoms with Gasteiger partial charge in [-0.25, -0.2) is 0 Å². The van der Waals surface area contributed by atoms with Crippen LogP contribution in [-0.4, -0.2) is 9.78 Å². The Bertz CT molecular complexity index is 558. The fourth-order valence-electron chi connectivity index (χ4n) is 1.68. The highest BCUT2D eigenvalue weighted by molar-refractivity contribution is 5.62. The lowest BCUT2D eigenvalue weighted by atomic mass is 10.1. The van der Waals surface area contributed by atoms with E-state index in [-0.39, 0.29) is 11.7 Å². The lowest BCUT2D eigenvalue weighted by molar-refractivity contribution is -0.136. The number of alkyl halides is 3. The van der Waals surface area contributed by atoms with Crippen molar-refractivity contribution in [1.82, 2.24) is 9.78 Å². The third-order valence-electron chi connectivity index (χ3n) is 2.64. The van der Waals surface area contributed by atoms with Crippen molar-refractivity contribution in [2.24, 2.45) is 0 Å². The van der Waals surface area contributed by atoms with Crippen molar-refractivity contribution in [2.75, 3.05) is 5.32 Å². The summed E-state index contributed by atoms with van der Waals surface area (Å²) in [7, 11) is 0. The Labute approximate surface area is 109 Å². The molecule has 1 aromatic carbocycles. The molecule has 0 radical (unpaired) electrons. The first-order chi connectivity index (χ1) is 8.88. The predicted molar refractivity (Wildman–Crippen MR) is 67.3 cm³/mol. The molecule has 0 aliphatic heterocycles. The summed E-state index contributed by atoms with van der Waals surface area (Å²) in [6.07, 6.45) is -1.19. The van der Waals surface area contributed by atoms with E-state index >= 15 is 0 Å². The molecule has 1 aromatic heterocycles. The van der Waals surface area contributed by atoms with Gasteiger partial charge in [-0.3, -0.25) is 4.68 Å². The molecule has 0 atom stereocenters. The van der Waals surface area contributed by atoms with Crippen LogP contribution >= 0.6 is 0 Å². The van der Waals surface area contributed by atoms with Crippen molar-refractivity contribution in [3.8, 4) is 0 Å². The maximum Gasteiger partial charge on any atom is 0.418 e. The van der Waals surface area contributed by atoms with Crippen LogP contribution in [0.5, 0.6) is 0 Å². The fourth-order valence-corrected chi connectivity index (χ4v) is 1.68. The number of nitrogens with zero attached hydrogens (tertiary/aromatic N) is 2. The Kier molecular flexibility index (Phi) is 3.50. The summed E-state index contributed by atoms with van der Waals surface area (Å²) < 4.78 is 40.2. The quantitative estimate of drug-likeness (QED) is 0.903. The molecule has 2 aromatic rings. The lowest BCUT2D eigenvalue weighted by Gasteiger charge is -2.13. The first-order valence-corrected chi connectivity index (χ1v) is 5.85. The molecule has 0 aliphatic rings. The van der Waals surface area contributed by atoms with E-state index < -0.39 is 11.7 Å². The van der Waals surface area contributed by atoms with Gasteiger partial charge < -0.3 is 5.32 Å². The number of benzene rings is 1. The molecule has 1 N–H and O–H groups in total. The molecule has 0 amide bonds. The van der Waals surface area contributed by atoms with Crippen molar-refractivity contribution < 1.29 is 13.2 Å².